The monoisotopic (exact) mass is 263 g/mol. The van der Waals surface area contributed by atoms with E-state index in [1.54, 1.807) is 23.2 Å². The van der Waals surface area contributed by atoms with E-state index in [0.29, 0.717) is 5.92 Å². The Hall–Kier alpha value is -1.75. The Bertz CT molecular complexity index is 574. The number of halogens is 2. The fourth-order valence-electron chi connectivity index (χ4n) is 2.59. The van der Waals surface area contributed by atoms with Gasteiger partial charge in [0.05, 0.1) is 12.0 Å². The number of nitrogens with zero attached hydrogens (tertiary/aromatic N) is 2. The molecule has 0 aliphatic carbocycles. The van der Waals surface area contributed by atoms with Crippen LogP contribution in [0.3, 0.4) is 0 Å². The number of nitrogens with one attached hydrogen (secondary N) is 1. The van der Waals surface area contributed by atoms with Crippen LogP contribution in [0.15, 0.2) is 30.7 Å². The Balaban J connectivity index is 2.01. The van der Waals surface area contributed by atoms with Crippen LogP contribution in [0.4, 0.5) is 8.78 Å². The Kier molecular flexibility index (Phi) is 3.29. The summed E-state index contributed by atoms with van der Waals surface area (Å²) in [4.78, 5) is 4.09. The van der Waals surface area contributed by atoms with E-state index in [2.05, 4.69) is 10.3 Å². The smallest absolute Gasteiger partial charge is 0.182 e. The second-order valence-corrected chi connectivity index (χ2v) is 4.80. The zero-order chi connectivity index (χ0) is 13.2. The number of rotatable bonds is 2. The average molecular weight is 263 g/mol. The molecule has 1 aliphatic heterocycles. The van der Waals surface area contributed by atoms with Gasteiger partial charge in [-0.15, -0.1) is 0 Å². The van der Waals surface area contributed by atoms with Crippen molar-refractivity contribution in [3.05, 3.63) is 48.1 Å². The van der Waals surface area contributed by atoms with E-state index in [9.17, 15) is 8.78 Å². The maximum atomic E-state index is 13.9. The summed E-state index contributed by atoms with van der Waals surface area (Å²) < 4.78 is 28.8. The molecule has 2 heterocycles. The number of hydrogen-bond donors (Lipinski definition) is 1. The molecule has 3 nitrogen and oxygen atoms in total. The molecule has 3 rings (SSSR count). The van der Waals surface area contributed by atoms with Gasteiger partial charge in [-0.05, 0) is 31.5 Å². The summed E-state index contributed by atoms with van der Waals surface area (Å²) in [5.74, 6) is -1.37. The quantitative estimate of drug-likeness (QED) is 0.902. The Labute approximate surface area is 110 Å². The van der Waals surface area contributed by atoms with E-state index >= 15 is 0 Å². The molecule has 5 heteroatoms. The second kappa shape index (κ2) is 5.09. The molecule has 1 unspecified atom stereocenters. The van der Waals surface area contributed by atoms with Crippen molar-refractivity contribution in [1.82, 2.24) is 14.9 Å². The lowest BCUT2D eigenvalue weighted by Gasteiger charge is -2.23. The van der Waals surface area contributed by atoms with Crippen molar-refractivity contribution in [2.24, 2.45) is 0 Å². The minimum atomic E-state index is -0.834. The topological polar surface area (TPSA) is 29.9 Å². The van der Waals surface area contributed by atoms with Gasteiger partial charge in [0.15, 0.2) is 11.6 Å². The summed E-state index contributed by atoms with van der Waals surface area (Å²) >= 11 is 0. The zero-order valence-electron chi connectivity index (χ0n) is 10.4. The van der Waals surface area contributed by atoms with Gasteiger partial charge in [-0.25, -0.2) is 13.8 Å². The number of hydrogen-bond acceptors (Lipinski definition) is 2. The van der Waals surface area contributed by atoms with Gasteiger partial charge in [-0.1, -0.05) is 6.07 Å². The van der Waals surface area contributed by atoms with Crippen molar-refractivity contribution in [1.29, 1.82) is 0 Å². The van der Waals surface area contributed by atoms with Crippen LogP contribution in [-0.2, 0) is 0 Å². The van der Waals surface area contributed by atoms with Crippen molar-refractivity contribution in [2.45, 2.75) is 18.8 Å². The first kappa shape index (κ1) is 12.3. The fraction of sp³-hybridized carbons (Fsp3) is 0.357. The van der Waals surface area contributed by atoms with Crippen molar-refractivity contribution >= 4 is 0 Å². The summed E-state index contributed by atoms with van der Waals surface area (Å²) in [5.41, 5.74) is 1.15. The molecule has 1 saturated heterocycles. The Morgan fingerprint density at radius 3 is 3.00 bits per heavy atom. The molecule has 0 saturated carbocycles. The highest BCUT2D eigenvalue weighted by Gasteiger charge is 2.21. The van der Waals surface area contributed by atoms with Gasteiger partial charge in [0.2, 0.25) is 0 Å². The lowest BCUT2D eigenvalue weighted by Crippen LogP contribution is -2.29. The van der Waals surface area contributed by atoms with Crippen LogP contribution in [-0.4, -0.2) is 22.6 Å². The van der Waals surface area contributed by atoms with E-state index in [1.807, 2.05) is 0 Å². The van der Waals surface area contributed by atoms with Crippen molar-refractivity contribution in [3.8, 4) is 5.69 Å². The van der Waals surface area contributed by atoms with Crippen molar-refractivity contribution in [3.63, 3.8) is 0 Å². The van der Waals surface area contributed by atoms with Gasteiger partial charge >= 0.3 is 0 Å². The first-order valence-electron chi connectivity index (χ1n) is 6.44. The van der Waals surface area contributed by atoms with Crippen LogP contribution in [0.1, 0.15) is 24.5 Å². The molecule has 100 valence electrons. The third-order valence-corrected chi connectivity index (χ3v) is 3.57. The lowest BCUT2D eigenvalue weighted by atomic mass is 9.96. The maximum absolute atomic E-state index is 13.9. The highest BCUT2D eigenvalue weighted by atomic mass is 19.2. The van der Waals surface area contributed by atoms with E-state index in [0.717, 1.165) is 37.7 Å². The van der Waals surface area contributed by atoms with E-state index in [-0.39, 0.29) is 5.69 Å². The van der Waals surface area contributed by atoms with E-state index in [1.165, 1.54) is 6.07 Å². The van der Waals surface area contributed by atoms with Gasteiger partial charge in [-0.3, -0.25) is 4.57 Å². The number of benzene rings is 1. The highest BCUT2D eigenvalue weighted by molar-refractivity contribution is 5.36. The number of imidazole rings is 1. The van der Waals surface area contributed by atoms with Gasteiger partial charge in [0, 0.05) is 24.4 Å². The Morgan fingerprint density at radius 2 is 2.21 bits per heavy atom. The van der Waals surface area contributed by atoms with Crippen LogP contribution >= 0.6 is 0 Å². The zero-order valence-corrected chi connectivity index (χ0v) is 10.4. The molecular weight excluding hydrogens is 248 g/mol. The summed E-state index contributed by atoms with van der Waals surface area (Å²) in [6, 6.07) is 4.20. The van der Waals surface area contributed by atoms with Crippen LogP contribution < -0.4 is 5.32 Å². The lowest BCUT2D eigenvalue weighted by molar-refractivity contribution is 0.448. The van der Waals surface area contributed by atoms with E-state index in [4.69, 9.17) is 0 Å². The maximum Gasteiger partial charge on any atom is 0.182 e. The molecule has 1 N–H and O–H groups in total. The first-order valence-corrected chi connectivity index (χ1v) is 6.44. The third kappa shape index (κ3) is 2.26. The molecule has 0 bridgehead atoms. The largest absolute Gasteiger partial charge is 0.316 e. The van der Waals surface area contributed by atoms with Crippen LogP contribution in [0.5, 0.6) is 0 Å². The highest BCUT2D eigenvalue weighted by Crippen LogP contribution is 2.26. The number of piperidine rings is 1. The van der Waals surface area contributed by atoms with Gasteiger partial charge in [-0.2, -0.15) is 0 Å². The van der Waals surface area contributed by atoms with Crippen LogP contribution in [0.25, 0.3) is 5.69 Å². The van der Waals surface area contributed by atoms with Crippen LogP contribution in [0, 0.1) is 11.6 Å². The average Bonchev–Trinajstić information content (AvgIpc) is 2.92. The Morgan fingerprint density at radius 1 is 1.32 bits per heavy atom. The van der Waals surface area contributed by atoms with E-state index < -0.39 is 11.6 Å². The third-order valence-electron chi connectivity index (χ3n) is 3.57. The predicted octanol–water partition coefficient (Wildman–Crippen LogP) is 2.62. The second-order valence-electron chi connectivity index (χ2n) is 4.80. The molecule has 2 aromatic rings. The summed E-state index contributed by atoms with van der Waals surface area (Å²) in [7, 11) is 0. The molecule has 1 aliphatic rings. The minimum Gasteiger partial charge on any atom is -0.316 e. The van der Waals surface area contributed by atoms with Gasteiger partial charge in [0.1, 0.15) is 0 Å². The summed E-state index contributed by atoms with van der Waals surface area (Å²) in [6.45, 7) is 1.86. The normalized spacial score (nSPS) is 19.6. The fourth-order valence-corrected chi connectivity index (χ4v) is 2.59. The molecule has 0 radical (unpaired) electrons. The minimum absolute atomic E-state index is 0.220. The molecule has 0 spiro atoms. The molecule has 1 fully saturated rings. The summed E-state index contributed by atoms with van der Waals surface area (Å²) in [5, 5.41) is 3.32. The van der Waals surface area contributed by atoms with Crippen molar-refractivity contribution in [2.75, 3.05) is 13.1 Å². The number of aromatic nitrogens is 2. The summed E-state index contributed by atoms with van der Waals surface area (Å²) in [6.07, 6.45) is 5.40. The molecule has 0 amide bonds. The molecular formula is C14H15F2N3. The molecule has 1 aromatic carbocycles. The van der Waals surface area contributed by atoms with Gasteiger partial charge in [0.25, 0.3) is 0 Å². The van der Waals surface area contributed by atoms with Gasteiger partial charge < -0.3 is 5.32 Å². The molecule has 19 heavy (non-hydrogen) atoms. The molecule has 1 aromatic heterocycles. The first-order chi connectivity index (χ1) is 9.27. The molecule has 1 atom stereocenters. The van der Waals surface area contributed by atoms with Crippen molar-refractivity contribution < 1.29 is 8.78 Å². The standard InChI is InChI=1S/C14H15F2N3/c15-11-4-1-5-12(14(11)16)19-9-18-8-13(19)10-3-2-6-17-7-10/h1,4-5,8-10,17H,2-3,6-7H2. The SMILES string of the molecule is Fc1cccc(-n2cncc2C2CCCNC2)c1F. The predicted molar refractivity (Wildman–Crippen MR) is 68.3 cm³/mol. The van der Waals surface area contributed by atoms with Crippen LogP contribution in [0.2, 0.25) is 0 Å².